The maximum absolute atomic E-state index is 13.2. The summed E-state index contributed by atoms with van der Waals surface area (Å²) >= 11 is 0. The molecule has 152 valence electrons. The number of furan rings is 1. The zero-order valence-corrected chi connectivity index (χ0v) is 16.4. The fraction of sp³-hybridized carbons (Fsp3) is 0.318. The lowest BCUT2D eigenvalue weighted by Gasteiger charge is -2.20. The van der Waals surface area contributed by atoms with Gasteiger partial charge in [0, 0.05) is 11.9 Å². The van der Waals surface area contributed by atoms with Gasteiger partial charge >= 0.3 is 0 Å². The van der Waals surface area contributed by atoms with Crippen LogP contribution < -0.4 is 20.9 Å². The number of fused-ring (bicyclic) bond motifs is 1. The topological polar surface area (TPSA) is 75.5 Å². The Hall–Kier alpha value is -2.90. The summed E-state index contributed by atoms with van der Waals surface area (Å²) in [6.45, 7) is 4.84. The molecule has 1 aliphatic heterocycles. The van der Waals surface area contributed by atoms with Crippen molar-refractivity contribution in [1.29, 1.82) is 0 Å². The fourth-order valence-electron chi connectivity index (χ4n) is 3.66. The summed E-state index contributed by atoms with van der Waals surface area (Å²) in [4.78, 5) is 12.9. The van der Waals surface area contributed by atoms with Gasteiger partial charge in [-0.15, -0.1) is 0 Å². The monoisotopic (exact) mass is 397 g/mol. The summed E-state index contributed by atoms with van der Waals surface area (Å²) < 4.78 is 24.8. The average molecular weight is 397 g/mol. The molecular formula is C22H24FN3O3. The first-order valence-corrected chi connectivity index (χ1v) is 9.76. The van der Waals surface area contributed by atoms with Crippen LogP contribution in [-0.2, 0) is 4.79 Å². The molecular weight excluding hydrogens is 373 g/mol. The summed E-state index contributed by atoms with van der Waals surface area (Å²) in [5.41, 5.74) is 7.67. The zero-order chi connectivity index (χ0) is 20.4. The molecule has 1 aliphatic rings. The lowest BCUT2D eigenvalue weighted by atomic mass is 9.94. The van der Waals surface area contributed by atoms with Gasteiger partial charge in [-0.2, -0.15) is 0 Å². The van der Waals surface area contributed by atoms with Crippen LogP contribution in [0.3, 0.4) is 0 Å². The largest absolute Gasteiger partial charge is 0.490 e. The number of rotatable bonds is 6. The van der Waals surface area contributed by atoms with E-state index in [1.807, 2.05) is 38.1 Å². The Morgan fingerprint density at radius 1 is 1.31 bits per heavy atom. The number of halogens is 1. The number of hydrogen-bond acceptors (Lipinski definition) is 5. The highest BCUT2D eigenvalue weighted by Crippen LogP contribution is 2.32. The van der Waals surface area contributed by atoms with Crippen molar-refractivity contribution in [2.45, 2.75) is 25.9 Å². The predicted octanol–water partition coefficient (Wildman–Crippen LogP) is 3.61. The van der Waals surface area contributed by atoms with E-state index in [0.29, 0.717) is 30.2 Å². The lowest BCUT2D eigenvalue weighted by molar-refractivity contribution is -0.125. The van der Waals surface area contributed by atoms with E-state index in [-0.39, 0.29) is 29.7 Å². The third kappa shape index (κ3) is 3.97. The molecule has 2 heterocycles. The molecule has 2 aromatic carbocycles. The maximum atomic E-state index is 13.2. The number of hydrazine groups is 1. The van der Waals surface area contributed by atoms with Gasteiger partial charge in [-0.1, -0.05) is 24.3 Å². The minimum absolute atomic E-state index is 0.102. The van der Waals surface area contributed by atoms with Crippen LogP contribution in [0, 0.1) is 11.7 Å². The van der Waals surface area contributed by atoms with Crippen molar-refractivity contribution >= 4 is 16.9 Å². The van der Waals surface area contributed by atoms with Crippen LogP contribution in [0.1, 0.15) is 37.3 Å². The van der Waals surface area contributed by atoms with E-state index < -0.39 is 0 Å². The van der Waals surface area contributed by atoms with Gasteiger partial charge in [0.15, 0.2) is 11.3 Å². The van der Waals surface area contributed by atoms with Crippen LogP contribution in [0.4, 0.5) is 4.39 Å². The smallest absolute Gasteiger partial charge is 0.227 e. The molecule has 1 aromatic heterocycles. The second-order valence-electron chi connectivity index (χ2n) is 7.15. The van der Waals surface area contributed by atoms with Crippen molar-refractivity contribution in [2.75, 3.05) is 13.2 Å². The Labute approximate surface area is 168 Å². The molecule has 3 N–H and O–H groups in total. The summed E-state index contributed by atoms with van der Waals surface area (Å²) in [7, 11) is 0. The van der Waals surface area contributed by atoms with Crippen LogP contribution in [0.2, 0.25) is 0 Å². The molecule has 1 fully saturated rings. The molecule has 0 saturated carbocycles. The molecule has 1 saturated heterocycles. The molecule has 0 spiro atoms. The minimum Gasteiger partial charge on any atom is -0.490 e. The van der Waals surface area contributed by atoms with E-state index in [4.69, 9.17) is 9.15 Å². The highest BCUT2D eigenvalue weighted by molar-refractivity contribution is 5.84. The van der Waals surface area contributed by atoms with Crippen LogP contribution in [0.5, 0.6) is 5.75 Å². The normalized spacial score (nSPS) is 20.0. The SMILES string of the molecule is CCOc1cccc2cc(C(C)NC(=O)C3CNNC3c3ccc(F)cc3)oc12. The number of para-hydroxylation sites is 1. The van der Waals surface area contributed by atoms with Crippen molar-refractivity contribution in [2.24, 2.45) is 5.92 Å². The first-order valence-electron chi connectivity index (χ1n) is 9.76. The molecule has 3 atom stereocenters. The zero-order valence-electron chi connectivity index (χ0n) is 16.4. The second kappa shape index (κ2) is 8.23. The molecule has 1 amide bonds. The van der Waals surface area contributed by atoms with E-state index in [9.17, 15) is 9.18 Å². The van der Waals surface area contributed by atoms with Crippen LogP contribution in [0.15, 0.2) is 52.9 Å². The lowest BCUT2D eigenvalue weighted by Crippen LogP contribution is -2.36. The van der Waals surface area contributed by atoms with Crippen molar-refractivity contribution < 1.29 is 18.3 Å². The number of benzene rings is 2. The van der Waals surface area contributed by atoms with Gasteiger partial charge in [0.2, 0.25) is 5.91 Å². The summed E-state index contributed by atoms with van der Waals surface area (Å²) in [5, 5.41) is 3.97. The van der Waals surface area contributed by atoms with Gasteiger partial charge in [0.1, 0.15) is 11.6 Å². The second-order valence-corrected chi connectivity index (χ2v) is 7.15. The molecule has 4 rings (SSSR count). The Kier molecular flexibility index (Phi) is 5.51. The Morgan fingerprint density at radius 3 is 2.86 bits per heavy atom. The van der Waals surface area contributed by atoms with Gasteiger partial charge in [-0.05, 0) is 43.7 Å². The third-order valence-corrected chi connectivity index (χ3v) is 5.16. The Balaban J connectivity index is 1.49. The predicted molar refractivity (Wildman–Crippen MR) is 108 cm³/mol. The first kappa shape index (κ1) is 19.4. The average Bonchev–Trinajstić information content (AvgIpc) is 3.36. The minimum atomic E-state index is -0.328. The standard InChI is InChI=1S/C22H24FN3O3/c1-3-28-18-6-4-5-15-11-19(29-21(15)18)13(2)25-22(27)17-12-24-26-20(17)14-7-9-16(23)10-8-14/h4-11,13,17,20,24,26H,3,12H2,1-2H3,(H,25,27). The van der Waals surface area contributed by atoms with Crippen molar-refractivity contribution in [3.05, 3.63) is 65.7 Å². The molecule has 0 bridgehead atoms. The van der Waals surface area contributed by atoms with Crippen molar-refractivity contribution in [3.63, 3.8) is 0 Å². The van der Waals surface area contributed by atoms with E-state index in [0.717, 1.165) is 10.9 Å². The number of carbonyl (C=O) groups excluding carboxylic acids is 1. The molecule has 3 unspecified atom stereocenters. The Morgan fingerprint density at radius 2 is 2.10 bits per heavy atom. The molecule has 29 heavy (non-hydrogen) atoms. The van der Waals surface area contributed by atoms with Crippen LogP contribution in [-0.4, -0.2) is 19.1 Å². The van der Waals surface area contributed by atoms with Gasteiger partial charge in [-0.3, -0.25) is 10.2 Å². The molecule has 7 heteroatoms. The summed E-state index contributed by atoms with van der Waals surface area (Å²) in [6, 6.07) is 13.3. The van der Waals surface area contributed by atoms with Crippen LogP contribution in [0.25, 0.3) is 11.0 Å². The van der Waals surface area contributed by atoms with E-state index in [2.05, 4.69) is 16.2 Å². The highest BCUT2D eigenvalue weighted by Gasteiger charge is 2.34. The summed E-state index contributed by atoms with van der Waals surface area (Å²) in [6.07, 6.45) is 0. The molecule has 0 radical (unpaired) electrons. The first-order chi connectivity index (χ1) is 14.1. The number of hydrogen-bond donors (Lipinski definition) is 3. The fourth-order valence-corrected chi connectivity index (χ4v) is 3.66. The van der Waals surface area contributed by atoms with Crippen molar-refractivity contribution in [3.8, 4) is 5.75 Å². The molecule has 3 aromatic rings. The highest BCUT2D eigenvalue weighted by atomic mass is 19.1. The Bertz CT molecular complexity index is 1000. The quantitative estimate of drug-likeness (QED) is 0.592. The summed E-state index contributed by atoms with van der Waals surface area (Å²) in [5.74, 6) is 0.625. The maximum Gasteiger partial charge on any atom is 0.227 e. The molecule has 0 aliphatic carbocycles. The van der Waals surface area contributed by atoms with E-state index >= 15 is 0 Å². The number of amides is 1. The van der Waals surface area contributed by atoms with Crippen molar-refractivity contribution in [1.82, 2.24) is 16.2 Å². The van der Waals surface area contributed by atoms with Gasteiger partial charge in [-0.25, -0.2) is 9.82 Å². The van der Waals surface area contributed by atoms with Gasteiger partial charge in [0.05, 0.1) is 24.6 Å². The van der Waals surface area contributed by atoms with Gasteiger partial charge < -0.3 is 14.5 Å². The van der Waals surface area contributed by atoms with Crippen LogP contribution >= 0.6 is 0 Å². The van der Waals surface area contributed by atoms with E-state index in [1.54, 1.807) is 12.1 Å². The third-order valence-electron chi connectivity index (χ3n) is 5.16. The molecule has 6 nitrogen and oxygen atoms in total. The number of ether oxygens (including phenoxy) is 1. The number of nitrogens with one attached hydrogen (secondary N) is 3. The van der Waals surface area contributed by atoms with Gasteiger partial charge in [0.25, 0.3) is 0 Å². The number of carbonyl (C=O) groups is 1. The van der Waals surface area contributed by atoms with E-state index in [1.165, 1.54) is 12.1 Å².